The maximum Gasteiger partial charge on any atom is 0.269 e. The molecule has 4 rings (SSSR count). The maximum atomic E-state index is 13.4. The van der Waals surface area contributed by atoms with Crippen molar-refractivity contribution in [1.82, 2.24) is 8.96 Å². The Bertz CT molecular complexity index is 1070. The van der Waals surface area contributed by atoms with Crippen molar-refractivity contribution in [1.29, 1.82) is 0 Å². The zero-order valence-corrected chi connectivity index (χ0v) is 16.6. The largest absolute Gasteiger partial charge is 0.495 e. The number of pyridine rings is 1. The van der Waals surface area contributed by atoms with E-state index in [2.05, 4.69) is 4.98 Å². The van der Waals surface area contributed by atoms with Crippen LogP contribution in [-0.2, 0) is 10.0 Å². The lowest BCUT2D eigenvalue weighted by molar-refractivity contribution is 0.140. The number of aromatic nitrogens is 2. The number of methoxy groups -OCH3 is 1. The van der Waals surface area contributed by atoms with Gasteiger partial charge in [-0.3, -0.25) is 0 Å². The van der Waals surface area contributed by atoms with Crippen LogP contribution in [0.5, 0.6) is 5.75 Å². The molecule has 1 atom stereocenters. The quantitative estimate of drug-likeness (QED) is 0.679. The zero-order valence-electron chi connectivity index (χ0n) is 15.8. The summed E-state index contributed by atoms with van der Waals surface area (Å²) < 4.78 is 33.2. The van der Waals surface area contributed by atoms with Gasteiger partial charge in [-0.2, -0.15) is 0 Å². The average molecular weight is 400 g/mol. The van der Waals surface area contributed by atoms with Crippen molar-refractivity contribution in [2.24, 2.45) is 5.92 Å². The average Bonchev–Trinajstić information content (AvgIpc) is 3.35. The van der Waals surface area contributed by atoms with Crippen molar-refractivity contribution in [3.05, 3.63) is 54.4 Å². The number of hydrogen-bond acceptors (Lipinski definition) is 5. The standard InChI is InChI=1S/C21H24N2O4S/c1-27-17-12-16-13-19(20(24)11-15-7-5-6-8-15)23(21(16)22-14-17)28(25,26)18-9-3-2-4-10-18/h2-4,9-10,12-15,20,24H,5-8,11H2,1H3. The topological polar surface area (TPSA) is 81.4 Å². The van der Waals surface area contributed by atoms with Crippen LogP contribution in [0, 0.1) is 5.92 Å². The predicted molar refractivity (Wildman–Crippen MR) is 107 cm³/mol. The molecule has 1 saturated carbocycles. The first-order chi connectivity index (χ1) is 13.5. The van der Waals surface area contributed by atoms with E-state index in [1.54, 1.807) is 42.5 Å². The molecule has 0 aliphatic heterocycles. The summed E-state index contributed by atoms with van der Waals surface area (Å²) in [6, 6.07) is 11.7. The molecule has 28 heavy (non-hydrogen) atoms. The highest BCUT2D eigenvalue weighted by atomic mass is 32.2. The number of rotatable bonds is 6. The first kappa shape index (κ1) is 19.0. The van der Waals surface area contributed by atoms with Gasteiger partial charge in [-0.05, 0) is 36.6 Å². The molecule has 0 bridgehead atoms. The van der Waals surface area contributed by atoms with E-state index in [1.807, 2.05) is 0 Å². The van der Waals surface area contributed by atoms with Gasteiger partial charge in [-0.15, -0.1) is 0 Å². The molecular formula is C21H24N2O4S. The van der Waals surface area contributed by atoms with Crippen LogP contribution in [0.1, 0.15) is 43.9 Å². The van der Waals surface area contributed by atoms with Gasteiger partial charge in [0.15, 0.2) is 5.65 Å². The van der Waals surface area contributed by atoms with Crippen molar-refractivity contribution >= 4 is 21.1 Å². The molecule has 2 aromatic heterocycles. The smallest absolute Gasteiger partial charge is 0.269 e. The van der Waals surface area contributed by atoms with Gasteiger partial charge >= 0.3 is 0 Å². The fraction of sp³-hybridized carbons (Fsp3) is 0.381. The number of aliphatic hydroxyl groups is 1. The second-order valence-electron chi connectivity index (χ2n) is 7.34. The Hall–Kier alpha value is -2.38. The maximum absolute atomic E-state index is 13.4. The van der Waals surface area contributed by atoms with Crippen LogP contribution in [0.2, 0.25) is 0 Å². The molecule has 1 unspecified atom stereocenters. The van der Waals surface area contributed by atoms with Gasteiger partial charge in [-0.25, -0.2) is 17.4 Å². The summed E-state index contributed by atoms with van der Waals surface area (Å²) in [6.45, 7) is 0. The molecule has 0 radical (unpaired) electrons. The monoisotopic (exact) mass is 400 g/mol. The van der Waals surface area contributed by atoms with E-state index in [9.17, 15) is 13.5 Å². The summed E-state index contributed by atoms with van der Waals surface area (Å²) in [6.07, 6.45) is 5.67. The molecule has 0 spiro atoms. The van der Waals surface area contributed by atoms with E-state index >= 15 is 0 Å². The molecule has 2 heterocycles. The SMILES string of the molecule is COc1cnc2c(c1)cc(C(O)CC1CCCC1)n2S(=O)(=O)c1ccccc1. The van der Waals surface area contributed by atoms with Crippen molar-refractivity contribution in [2.45, 2.75) is 43.1 Å². The van der Waals surface area contributed by atoms with Crippen LogP contribution < -0.4 is 4.74 Å². The van der Waals surface area contributed by atoms with Gasteiger partial charge in [-0.1, -0.05) is 43.9 Å². The molecule has 0 saturated heterocycles. The van der Waals surface area contributed by atoms with E-state index in [4.69, 9.17) is 4.74 Å². The first-order valence-corrected chi connectivity index (χ1v) is 11.0. The van der Waals surface area contributed by atoms with E-state index in [0.717, 1.165) is 12.8 Å². The molecular weight excluding hydrogens is 376 g/mol. The molecule has 1 N–H and O–H groups in total. The third kappa shape index (κ3) is 3.40. The van der Waals surface area contributed by atoms with Crippen molar-refractivity contribution in [3.8, 4) is 5.75 Å². The number of fused-ring (bicyclic) bond motifs is 1. The lowest BCUT2D eigenvalue weighted by Crippen LogP contribution is -2.19. The second-order valence-corrected chi connectivity index (χ2v) is 9.13. The van der Waals surface area contributed by atoms with Gasteiger partial charge in [0.2, 0.25) is 0 Å². The van der Waals surface area contributed by atoms with Crippen molar-refractivity contribution < 1.29 is 18.3 Å². The van der Waals surface area contributed by atoms with Crippen LogP contribution in [0.3, 0.4) is 0 Å². The van der Waals surface area contributed by atoms with E-state index in [1.165, 1.54) is 30.1 Å². The molecule has 3 aromatic rings. The summed E-state index contributed by atoms with van der Waals surface area (Å²) in [5.41, 5.74) is 0.650. The van der Waals surface area contributed by atoms with Gasteiger partial charge in [0.1, 0.15) is 5.75 Å². The summed E-state index contributed by atoms with van der Waals surface area (Å²) in [5, 5.41) is 11.6. The van der Waals surface area contributed by atoms with Crippen molar-refractivity contribution in [2.75, 3.05) is 7.11 Å². The summed E-state index contributed by atoms with van der Waals surface area (Å²) in [5.74, 6) is 0.960. The van der Waals surface area contributed by atoms with Gasteiger partial charge < -0.3 is 9.84 Å². The van der Waals surface area contributed by atoms with Gasteiger partial charge in [0.05, 0.1) is 30.0 Å². The molecule has 148 valence electrons. The highest BCUT2D eigenvalue weighted by Crippen LogP contribution is 2.36. The normalized spacial score (nSPS) is 16.5. The first-order valence-electron chi connectivity index (χ1n) is 9.55. The summed E-state index contributed by atoms with van der Waals surface area (Å²) >= 11 is 0. The zero-order chi connectivity index (χ0) is 19.7. The fourth-order valence-electron chi connectivity index (χ4n) is 4.05. The molecule has 1 aliphatic carbocycles. The molecule has 6 nitrogen and oxygen atoms in total. The van der Waals surface area contributed by atoms with Crippen LogP contribution in [-0.4, -0.2) is 29.6 Å². The lowest BCUT2D eigenvalue weighted by atomic mass is 9.98. The van der Waals surface area contributed by atoms with Crippen molar-refractivity contribution in [3.63, 3.8) is 0 Å². The van der Waals surface area contributed by atoms with E-state index in [-0.39, 0.29) is 4.90 Å². The highest BCUT2D eigenvalue weighted by molar-refractivity contribution is 7.90. The third-order valence-corrected chi connectivity index (χ3v) is 7.22. The number of aliphatic hydroxyl groups excluding tert-OH is 1. The fourth-order valence-corrected chi connectivity index (χ4v) is 5.59. The Labute approximate surface area is 164 Å². The Morgan fingerprint density at radius 2 is 1.93 bits per heavy atom. The van der Waals surface area contributed by atoms with E-state index in [0.29, 0.717) is 34.8 Å². The minimum atomic E-state index is -3.90. The minimum Gasteiger partial charge on any atom is -0.495 e. The molecule has 1 fully saturated rings. The molecule has 1 aliphatic rings. The van der Waals surface area contributed by atoms with Crippen LogP contribution in [0.25, 0.3) is 11.0 Å². The van der Waals surface area contributed by atoms with Crippen LogP contribution >= 0.6 is 0 Å². The number of benzene rings is 1. The number of ether oxygens (including phenoxy) is 1. The van der Waals surface area contributed by atoms with Crippen LogP contribution in [0.15, 0.2) is 53.6 Å². The van der Waals surface area contributed by atoms with Gasteiger partial charge in [0, 0.05) is 5.39 Å². The number of hydrogen-bond donors (Lipinski definition) is 1. The minimum absolute atomic E-state index is 0.166. The van der Waals surface area contributed by atoms with E-state index < -0.39 is 16.1 Å². The van der Waals surface area contributed by atoms with Gasteiger partial charge in [0.25, 0.3) is 10.0 Å². The van der Waals surface area contributed by atoms with Crippen LogP contribution in [0.4, 0.5) is 0 Å². The molecule has 0 amide bonds. The third-order valence-electron chi connectivity index (χ3n) is 5.49. The Balaban J connectivity index is 1.86. The highest BCUT2D eigenvalue weighted by Gasteiger charge is 2.29. The number of nitrogens with zero attached hydrogens (tertiary/aromatic N) is 2. The second kappa shape index (κ2) is 7.56. The summed E-state index contributed by atoms with van der Waals surface area (Å²) in [4.78, 5) is 4.49. The lowest BCUT2D eigenvalue weighted by Gasteiger charge is -2.18. The Morgan fingerprint density at radius 3 is 2.61 bits per heavy atom. The predicted octanol–water partition coefficient (Wildman–Crippen LogP) is 3.90. The summed E-state index contributed by atoms with van der Waals surface area (Å²) in [7, 11) is -2.36. The molecule has 7 heteroatoms. The molecule has 1 aromatic carbocycles. The Kier molecular flexibility index (Phi) is 5.12. The Morgan fingerprint density at radius 1 is 1.21 bits per heavy atom.